The van der Waals surface area contributed by atoms with Crippen LogP contribution >= 0.6 is 31.9 Å². The Labute approximate surface area is 133 Å². The monoisotopic (exact) mass is 419 g/mol. The number of sulfonamides is 1. The van der Waals surface area contributed by atoms with Crippen LogP contribution in [0.25, 0.3) is 0 Å². The Bertz CT molecular complexity index is 763. The molecule has 0 fully saturated rings. The largest absolute Gasteiger partial charge is 0.398 e. The zero-order valence-electron chi connectivity index (χ0n) is 10.4. The minimum absolute atomic E-state index is 0.112. The molecule has 0 radical (unpaired) electrons. The quantitative estimate of drug-likeness (QED) is 0.746. The van der Waals surface area contributed by atoms with E-state index in [1.807, 2.05) is 6.92 Å². The van der Waals surface area contributed by atoms with Crippen molar-refractivity contribution in [2.24, 2.45) is 0 Å². The van der Waals surface area contributed by atoms with Gasteiger partial charge in [-0.05, 0) is 68.6 Å². The van der Waals surface area contributed by atoms with E-state index in [0.717, 1.165) is 10.0 Å². The summed E-state index contributed by atoms with van der Waals surface area (Å²) in [6.07, 6.45) is 1.55. The standard InChI is InChI=1S/C12H11Br2N3O2S/c1-7-4-12(16-6-10(7)14)17-20(18,19)8-2-3-11(15)9(13)5-8/h2-6H,15H2,1H3,(H,16,17). The van der Waals surface area contributed by atoms with Crippen molar-refractivity contribution in [3.05, 3.63) is 45.0 Å². The first kappa shape index (κ1) is 15.3. The van der Waals surface area contributed by atoms with E-state index in [2.05, 4.69) is 41.6 Å². The molecule has 20 heavy (non-hydrogen) atoms. The fourth-order valence-corrected chi connectivity index (χ4v) is 3.24. The molecule has 0 spiro atoms. The third-order valence-electron chi connectivity index (χ3n) is 2.57. The molecule has 0 amide bonds. The molecule has 3 N–H and O–H groups in total. The molecule has 0 aliphatic heterocycles. The van der Waals surface area contributed by atoms with Gasteiger partial charge < -0.3 is 5.73 Å². The Balaban J connectivity index is 2.35. The lowest BCUT2D eigenvalue weighted by molar-refractivity contribution is 0.601. The summed E-state index contributed by atoms with van der Waals surface area (Å²) in [6.45, 7) is 1.85. The minimum Gasteiger partial charge on any atom is -0.398 e. The second kappa shape index (κ2) is 5.71. The number of nitrogens with zero attached hydrogens (tertiary/aromatic N) is 1. The maximum atomic E-state index is 12.2. The number of pyridine rings is 1. The molecular formula is C12H11Br2N3O2S. The Morgan fingerprint density at radius 2 is 1.90 bits per heavy atom. The van der Waals surface area contributed by atoms with Crippen molar-refractivity contribution < 1.29 is 8.42 Å². The van der Waals surface area contributed by atoms with Crippen LogP contribution in [0.15, 0.2) is 44.3 Å². The summed E-state index contributed by atoms with van der Waals surface area (Å²) >= 11 is 6.52. The number of aromatic nitrogens is 1. The highest BCUT2D eigenvalue weighted by atomic mass is 79.9. The normalized spacial score (nSPS) is 11.3. The SMILES string of the molecule is Cc1cc(NS(=O)(=O)c2ccc(N)c(Br)c2)ncc1Br. The second-order valence-electron chi connectivity index (χ2n) is 4.11. The van der Waals surface area contributed by atoms with Crippen molar-refractivity contribution in [1.29, 1.82) is 0 Å². The van der Waals surface area contributed by atoms with E-state index in [9.17, 15) is 8.42 Å². The second-order valence-corrected chi connectivity index (χ2v) is 7.50. The first-order valence-corrected chi connectivity index (χ1v) is 8.56. The summed E-state index contributed by atoms with van der Waals surface area (Å²) in [4.78, 5) is 4.13. The Morgan fingerprint density at radius 1 is 1.20 bits per heavy atom. The molecule has 0 aliphatic rings. The average molecular weight is 421 g/mol. The van der Waals surface area contributed by atoms with Gasteiger partial charge in [-0.3, -0.25) is 4.72 Å². The minimum atomic E-state index is -3.70. The highest BCUT2D eigenvalue weighted by Crippen LogP contribution is 2.25. The summed E-state index contributed by atoms with van der Waals surface area (Å²) in [5.74, 6) is 0.263. The number of nitrogens with one attached hydrogen (secondary N) is 1. The van der Waals surface area contributed by atoms with Crippen LogP contribution in [0.2, 0.25) is 0 Å². The number of aryl methyl sites for hydroxylation is 1. The van der Waals surface area contributed by atoms with Crippen LogP contribution in [0.4, 0.5) is 11.5 Å². The molecule has 2 aromatic rings. The Morgan fingerprint density at radius 3 is 2.50 bits per heavy atom. The lowest BCUT2D eigenvalue weighted by atomic mass is 10.3. The third-order valence-corrected chi connectivity index (χ3v) is 5.44. The van der Waals surface area contributed by atoms with E-state index in [-0.39, 0.29) is 10.7 Å². The van der Waals surface area contributed by atoms with Crippen LogP contribution in [0.5, 0.6) is 0 Å². The molecule has 0 aliphatic carbocycles. The highest BCUT2D eigenvalue weighted by molar-refractivity contribution is 9.10. The van der Waals surface area contributed by atoms with Gasteiger partial charge in [0.25, 0.3) is 10.0 Å². The molecule has 0 saturated heterocycles. The molecule has 106 valence electrons. The molecular weight excluding hydrogens is 410 g/mol. The number of anilines is 2. The van der Waals surface area contributed by atoms with Crippen LogP contribution < -0.4 is 10.5 Å². The van der Waals surface area contributed by atoms with Gasteiger partial charge in [0.05, 0.1) is 4.90 Å². The van der Waals surface area contributed by atoms with Crippen molar-refractivity contribution in [2.45, 2.75) is 11.8 Å². The van der Waals surface area contributed by atoms with Crippen molar-refractivity contribution >= 4 is 53.4 Å². The van der Waals surface area contributed by atoms with Crippen LogP contribution in [0.3, 0.4) is 0 Å². The molecule has 0 unspecified atom stereocenters. The fourth-order valence-electron chi connectivity index (χ4n) is 1.47. The molecule has 0 saturated carbocycles. The fraction of sp³-hybridized carbons (Fsp3) is 0.0833. The van der Waals surface area contributed by atoms with Crippen LogP contribution in [0.1, 0.15) is 5.56 Å². The summed E-state index contributed by atoms with van der Waals surface area (Å²) in [6, 6.07) is 6.06. The first-order chi connectivity index (χ1) is 9.29. The van der Waals surface area contributed by atoms with Crippen LogP contribution in [-0.4, -0.2) is 13.4 Å². The van der Waals surface area contributed by atoms with Crippen LogP contribution in [0, 0.1) is 6.92 Å². The number of rotatable bonds is 3. The van der Waals surface area contributed by atoms with E-state index in [4.69, 9.17) is 5.73 Å². The summed E-state index contributed by atoms with van der Waals surface area (Å²) < 4.78 is 28.2. The smallest absolute Gasteiger partial charge is 0.263 e. The average Bonchev–Trinajstić information content (AvgIpc) is 2.37. The van der Waals surface area contributed by atoms with E-state index in [0.29, 0.717) is 10.2 Å². The van der Waals surface area contributed by atoms with Gasteiger partial charge in [0, 0.05) is 20.8 Å². The van der Waals surface area contributed by atoms with Gasteiger partial charge in [0.1, 0.15) is 5.82 Å². The van der Waals surface area contributed by atoms with Gasteiger partial charge in [-0.1, -0.05) is 0 Å². The number of hydrogen-bond acceptors (Lipinski definition) is 4. The number of nitrogen functional groups attached to an aromatic ring is 1. The predicted octanol–water partition coefficient (Wildman–Crippen LogP) is 3.30. The van der Waals surface area contributed by atoms with E-state index in [1.54, 1.807) is 12.3 Å². The van der Waals surface area contributed by atoms with Crippen LogP contribution in [-0.2, 0) is 10.0 Å². The molecule has 1 aromatic carbocycles. The molecule has 2 rings (SSSR count). The van der Waals surface area contributed by atoms with Gasteiger partial charge in [-0.15, -0.1) is 0 Å². The zero-order valence-corrected chi connectivity index (χ0v) is 14.4. The lowest BCUT2D eigenvalue weighted by Gasteiger charge is -2.09. The summed E-state index contributed by atoms with van der Waals surface area (Å²) in [5.41, 5.74) is 7.00. The summed E-state index contributed by atoms with van der Waals surface area (Å²) in [7, 11) is -3.70. The molecule has 1 heterocycles. The Hall–Kier alpha value is -1.12. The van der Waals surface area contributed by atoms with Crippen molar-refractivity contribution in [3.8, 4) is 0 Å². The van der Waals surface area contributed by atoms with E-state index < -0.39 is 10.0 Å². The number of benzene rings is 1. The molecule has 0 bridgehead atoms. The number of halogens is 2. The molecule has 5 nitrogen and oxygen atoms in total. The highest BCUT2D eigenvalue weighted by Gasteiger charge is 2.16. The lowest BCUT2D eigenvalue weighted by Crippen LogP contribution is -2.14. The molecule has 0 atom stereocenters. The maximum Gasteiger partial charge on any atom is 0.263 e. The van der Waals surface area contributed by atoms with Crippen molar-refractivity contribution in [2.75, 3.05) is 10.5 Å². The van der Waals surface area contributed by atoms with Crippen molar-refractivity contribution in [3.63, 3.8) is 0 Å². The van der Waals surface area contributed by atoms with Gasteiger partial charge in [0.2, 0.25) is 0 Å². The maximum absolute atomic E-state index is 12.2. The van der Waals surface area contributed by atoms with Gasteiger partial charge in [-0.2, -0.15) is 0 Å². The van der Waals surface area contributed by atoms with Gasteiger partial charge >= 0.3 is 0 Å². The topological polar surface area (TPSA) is 85.1 Å². The first-order valence-electron chi connectivity index (χ1n) is 5.49. The number of nitrogens with two attached hydrogens (primary N) is 1. The predicted molar refractivity (Wildman–Crippen MR) is 86.0 cm³/mol. The molecule has 1 aromatic heterocycles. The summed E-state index contributed by atoms with van der Waals surface area (Å²) in [5, 5.41) is 0. The van der Waals surface area contributed by atoms with Gasteiger partial charge in [-0.25, -0.2) is 13.4 Å². The van der Waals surface area contributed by atoms with Crippen molar-refractivity contribution in [1.82, 2.24) is 4.98 Å². The third kappa shape index (κ3) is 3.31. The van der Waals surface area contributed by atoms with E-state index >= 15 is 0 Å². The van der Waals surface area contributed by atoms with Gasteiger partial charge in [0.15, 0.2) is 0 Å². The van der Waals surface area contributed by atoms with E-state index in [1.165, 1.54) is 18.2 Å². The zero-order chi connectivity index (χ0) is 14.9. The number of hydrogen-bond donors (Lipinski definition) is 2. The molecule has 8 heteroatoms. The Kier molecular flexibility index (Phi) is 4.36.